The number of halogens is 1. The van der Waals surface area contributed by atoms with Crippen molar-refractivity contribution < 1.29 is 0 Å². The average molecular weight is 289 g/mol. The number of fused-ring (bicyclic) bond motifs is 1. The van der Waals surface area contributed by atoms with Crippen LogP contribution in [0.2, 0.25) is 0 Å². The SMILES string of the molecule is BrC1CCCC(c2ccc3ccccc3c2)C1. The number of rotatable bonds is 1. The first-order chi connectivity index (χ1) is 8.33. The predicted molar refractivity (Wildman–Crippen MR) is 77.9 cm³/mol. The van der Waals surface area contributed by atoms with Gasteiger partial charge in [0.1, 0.15) is 0 Å². The van der Waals surface area contributed by atoms with E-state index in [4.69, 9.17) is 0 Å². The summed E-state index contributed by atoms with van der Waals surface area (Å²) >= 11 is 3.78. The van der Waals surface area contributed by atoms with Crippen LogP contribution in [0.1, 0.15) is 37.2 Å². The Balaban J connectivity index is 1.94. The minimum atomic E-state index is 0.715. The molecular weight excluding hydrogens is 272 g/mol. The second-order valence-electron chi connectivity index (χ2n) is 5.07. The van der Waals surface area contributed by atoms with Gasteiger partial charge in [-0.05, 0) is 41.5 Å². The molecule has 17 heavy (non-hydrogen) atoms. The van der Waals surface area contributed by atoms with Gasteiger partial charge < -0.3 is 0 Å². The molecule has 0 spiro atoms. The maximum atomic E-state index is 3.78. The van der Waals surface area contributed by atoms with Gasteiger partial charge >= 0.3 is 0 Å². The van der Waals surface area contributed by atoms with E-state index in [1.54, 1.807) is 0 Å². The fourth-order valence-electron chi connectivity index (χ4n) is 2.89. The molecule has 1 aliphatic carbocycles. The number of alkyl halides is 1. The van der Waals surface area contributed by atoms with E-state index in [9.17, 15) is 0 Å². The lowest BCUT2D eigenvalue weighted by atomic mass is 9.83. The maximum Gasteiger partial charge on any atom is 0.0151 e. The highest BCUT2D eigenvalue weighted by atomic mass is 79.9. The summed E-state index contributed by atoms with van der Waals surface area (Å²) in [5.74, 6) is 0.748. The van der Waals surface area contributed by atoms with E-state index < -0.39 is 0 Å². The Morgan fingerprint density at radius 3 is 2.59 bits per heavy atom. The van der Waals surface area contributed by atoms with Crippen molar-refractivity contribution in [2.75, 3.05) is 0 Å². The van der Waals surface area contributed by atoms with Gasteiger partial charge in [-0.2, -0.15) is 0 Å². The van der Waals surface area contributed by atoms with E-state index in [0.717, 1.165) is 5.92 Å². The molecule has 1 aliphatic rings. The van der Waals surface area contributed by atoms with Crippen LogP contribution in [0, 0.1) is 0 Å². The van der Waals surface area contributed by atoms with E-state index in [0.29, 0.717) is 4.83 Å². The summed E-state index contributed by atoms with van der Waals surface area (Å²) in [5, 5.41) is 2.73. The summed E-state index contributed by atoms with van der Waals surface area (Å²) in [6, 6.07) is 15.6. The van der Waals surface area contributed by atoms with Gasteiger partial charge in [0.2, 0.25) is 0 Å². The Hall–Kier alpha value is -0.820. The average Bonchev–Trinajstić information content (AvgIpc) is 2.38. The maximum absolute atomic E-state index is 3.78. The van der Waals surface area contributed by atoms with Gasteiger partial charge in [0.15, 0.2) is 0 Å². The third kappa shape index (κ3) is 2.40. The molecule has 2 aromatic rings. The van der Waals surface area contributed by atoms with Crippen molar-refractivity contribution in [3.8, 4) is 0 Å². The minimum Gasteiger partial charge on any atom is -0.0890 e. The quantitative estimate of drug-likeness (QED) is 0.628. The van der Waals surface area contributed by atoms with Crippen LogP contribution in [0.4, 0.5) is 0 Å². The molecule has 0 radical (unpaired) electrons. The van der Waals surface area contributed by atoms with Gasteiger partial charge in [-0.1, -0.05) is 64.8 Å². The van der Waals surface area contributed by atoms with Crippen molar-refractivity contribution in [2.24, 2.45) is 0 Å². The lowest BCUT2D eigenvalue weighted by Crippen LogP contribution is -2.13. The van der Waals surface area contributed by atoms with Gasteiger partial charge in [0.05, 0.1) is 0 Å². The monoisotopic (exact) mass is 288 g/mol. The molecule has 0 nitrogen and oxygen atoms in total. The van der Waals surface area contributed by atoms with Gasteiger partial charge in [0, 0.05) is 4.83 Å². The molecule has 88 valence electrons. The van der Waals surface area contributed by atoms with E-state index in [2.05, 4.69) is 58.4 Å². The zero-order valence-corrected chi connectivity index (χ0v) is 11.5. The van der Waals surface area contributed by atoms with Crippen molar-refractivity contribution in [2.45, 2.75) is 36.4 Å². The smallest absolute Gasteiger partial charge is 0.0151 e. The molecule has 2 atom stereocenters. The molecule has 0 bridgehead atoms. The molecule has 0 aromatic heterocycles. The molecule has 2 aromatic carbocycles. The largest absolute Gasteiger partial charge is 0.0890 e. The van der Waals surface area contributed by atoms with Gasteiger partial charge in [-0.3, -0.25) is 0 Å². The normalized spacial score (nSPS) is 25.0. The lowest BCUT2D eigenvalue weighted by Gasteiger charge is -2.26. The van der Waals surface area contributed by atoms with E-state index in [1.807, 2.05) is 0 Å². The number of hydrogen-bond donors (Lipinski definition) is 0. The van der Waals surface area contributed by atoms with Crippen molar-refractivity contribution in [3.63, 3.8) is 0 Å². The molecule has 0 heterocycles. The van der Waals surface area contributed by atoms with Crippen LogP contribution in [-0.2, 0) is 0 Å². The molecule has 1 saturated carbocycles. The molecule has 0 saturated heterocycles. The van der Waals surface area contributed by atoms with E-state index in [1.165, 1.54) is 42.0 Å². The zero-order chi connectivity index (χ0) is 11.7. The molecule has 1 heteroatoms. The summed E-state index contributed by atoms with van der Waals surface area (Å²) in [5.41, 5.74) is 1.52. The first-order valence-electron chi connectivity index (χ1n) is 6.46. The van der Waals surface area contributed by atoms with E-state index >= 15 is 0 Å². The molecule has 0 aliphatic heterocycles. The van der Waals surface area contributed by atoms with Gasteiger partial charge in [-0.15, -0.1) is 0 Å². The minimum absolute atomic E-state index is 0.715. The van der Waals surface area contributed by atoms with Gasteiger partial charge in [0.25, 0.3) is 0 Å². The highest BCUT2D eigenvalue weighted by Gasteiger charge is 2.21. The van der Waals surface area contributed by atoms with Crippen LogP contribution in [-0.4, -0.2) is 4.83 Å². The van der Waals surface area contributed by atoms with Gasteiger partial charge in [-0.25, -0.2) is 0 Å². The zero-order valence-electron chi connectivity index (χ0n) is 9.90. The molecule has 0 N–H and O–H groups in total. The Morgan fingerprint density at radius 1 is 0.941 bits per heavy atom. The summed E-state index contributed by atoms with van der Waals surface area (Å²) in [6.07, 6.45) is 5.33. The summed E-state index contributed by atoms with van der Waals surface area (Å²) in [4.78, 5) is 0.715. The number of hydrogen-bond acceptors (Lipinski definition) is 0. The Kier molecular flexibility index (Phi) is 3.19. The van der Waals surface area contributed by atoms with Crippen LogP contribution in [0.25, 0.3) is 10.8 Å². The van der Waals surface area contributed by atoms with Crippen LogP contribution >= 0.6 is 15.9 Å². The van der Waals surface area contributed by atoms with Crippen LogP contribution < -0.4 is 0 Å². The molecule has 0 amide bonds. The topological polar surface area (TPSA) is 0 Å². The fourth-order valence-corrected chi connectivity index (χ4v) is 3.67. The Morgan fingerprint density at radius 2 is 1.76 bits per heavy atom. The fraction of sp³-hybridized carbons (Fsp3) is 0.375. The first kappa shape index (κ1) is 11.3. The molecule has 3 rings (SSSR count). The van der Waals surface area contributed by atoms with Crippen molar-refractivity contribution in [1.82, 2.24) is 0 Å². The molecule has 2 unspecified atom stereocenters. The first-order valence-corrected chi connectivity index (χ1v) is 7.37. The Labute approximate surface area is 111 Å². The highest BCUT2D eigenvalue weighted by Crippen LogP contribution is 2.36. The van der Waals surface area contributed by atoms with Crippen molar-refractivity contribution in [1.29, 1.82) is 0 Å². The predicted octanol–water partition coefficient (Wildman–Crippen LogP) is 5.26. The highest BCUT2D eigenvalue weighted by molar-refractivity contribution is 9.09. The Bertz CT molecular complexity index is 518. The molecular formula is C16H17Br. The van der Waals surface area contributed by atoms with E-state index in [-0.39, 0.29) is 0 Å². The second kappa shape index (κ2) is 4.81. The van der Waals surface area contributed by atoms with Crippen LogP contribution in [0.15, 0.2) is 42.5 Å². The van der Waals surface area contributed by atoms with Crippen LogP contribution in [0.3, 0.4) is 0 Å². The second-order valence-corrected chi connectivity index (χ2v) is 6.36. The number of benzene rings is 2. The van der Waals surface area contributed by atoms with Crippen LogP contribution in [0.5, 0.6) is 0 Å². The molecule has 1 fully saturated rings. The summed E-state index contributed by atoms with van der Waals surface area (Å²) in [7, 11) is 0. The standard InChI is InChI=1S/C16H17Br/c17-16-7-3-6-14(11-16)15-9-8-12-4-1-2-5-13(12)10-15/h1-2,4-5,8-10,14,16H,3,6-7,11H2. The summed E-state index contributed by atoms with van der Waals surface area (Å²) < 4.78 is 0. The van der Waals surface area contributed by atoms with Crippen molar-refractivity contribution in [3.05, 3.63) is 48.0 Å². The summed E-state index contributed by atoms with van der Waals surface area (Å²) in [6.45, 7) is 0. The third-order valence-corrected chi connectivity index (χ3v) is 4.69. The lowest BCUT2D eigenvalue weighted by molar-refractivity contribution is 0.458. The van der Waals surface area contributed by atoms with Crippen molar-refractivity contribution >= 4 is 26.7 Å². The third-order valence-electron chi connectivity index (χ3n) is 3.86.